The Kier molecular flexibility index (Phi) is 5.12. The minimum atomic E-state index is 0.132. The van der Waals surface area contributed by atoms with Crippen LogP contribution in [0.4, 0.5) is 0 Å². The quantitative estimate of drug-likeness (QED) is 0.771. The number of rotatable bonds is 4. The summed E-state index contributed by atoms with van der Waals surface area (Å²) >= 11 is 7.18. The van der Waals surface area contributed by atoms with E-state index in [1.807, 2.05) is 11.8 Å². The molecule has 2 rings (SSSR count). The monoisotopic (exact) mass is 355 g/mol. The summed E-state index contributed by atoms with van der Waals surface area (Å²) in [5.74, 6) is 0. The Bertz CT molecular complexity index is 530. The van der Waals surface area contributed by atoms with Crippen LogP contribution < -0.4 is 5.32 Å². The lowest BCUT2D eigenvalue weighted by Crippen LogP contribution is -2.35. The molecule has 0 saturated heterocycles. The number of halogens is 1. The van der Waals surface area contributed by atoms with Gasteiger partial charge in [0.25, 0.3) is 0 Å². The minimum Gasteiger partial charge on any atom is -0.308 e. The van der Waals surface area contributed by atoms with E-state index in [2.05, 4.69) is 77.7 Å². The highest BCUT2D eigenvalue weighted by atomic mass is 79.9. The Hall–Kier alpha value is -0.290. The maximum Gasteiger partial charge on any atom is 0.0646 e. The Balaban J connectivity index is 2.18. The normalized spacial score (nSPS) is 11.8. The van der Waals surface area contributed by atoms with Gasteiger partial charge in [-0.15, -0.1) is 11.3 Å². The zero-order valence-electron chi connectivity index (χ0n) is 11.4. The van der Waals surface area contributed by atoms with Crippen molar-refractivity contribution in [1.29, 1.82) is 0 Å². The van der Waals surface area contributed by atoms with Crippen LogP contribution in [0.2, 0.25) is 0 Å². The van der Waals surface area contributed by atoms with Gasteiger partial charge in [-0.05, 0) is 56.0 Å². The predicted octanol–water partition coefficient (Wildman–Crippen LogP) is 5.55. The van der Waals surface area contributed by atoms with Gasteiger partial charge in [0.2, 0.25) is 0 Å². The highest BCUT2D eigenvalue weighted by Gasteiger charge is 2.11. The maximum atomic E-state index is 3.56. The molecule has 0 aliphatic carbocycles. The van der Waals surface area contributed by atoms with E-state index in [4.69, 9.17) is 0 Å². The zero-order chi connectivity index (χ0) is 13.9. The van der Waals surface area contributed by atoms with Gasteiger partial charge in [0.1, 0.15) is 0 Å². The third kappa shape index (κ3) is 4.95. The molecule has 1 aromatic carbocycles. The Labute approximate surface area is 131 Å². The SMILES string of the molecule is CC(C)(C)NCc1cc(Br)ccc1Sc1cccs1. The van der Waals surface area contributed by atoms with Gasteiger partial charge >= 0.3 is 0 Å². The molecular formula is C15H18BrNS2. The van der Waals surface area contributed by atoms with E-state index < -0.39 is 0 Å². The smallest absolute Gasteiger partial charge is 0.0646 e. The lowest BCUT2D eigenvalue weighted by molar-refractivity contribution is 0.422. The van der Waals surface area contributed by atoms with E-state index in [-0.39, 0.29) is 5.54 Å². The molecule has 0 spiro atoms. The van der Waals surface area contributed by atoms with Gasteiger partial charge in [0.05, 0.1) is 4.21 Å². The van der Waals surface area contributed by atoms with Crippen molar-refractivity contribution in [2.24, 2.45) is 0 Å². The lowest BCUT2D eigenvalue weighted by Gasteiger charge is -2.21. The summed E-state index contributed by atoms with van der Waals surface area (Å²) in [4.78, 5) is 1.32. The molecule has 2 aromatic rings. The van der Waals surface area contributed by atoms with Crippen LogP contribution in [0.5, 0.6) is 0 Å². The summed E-state index contributed by atoms with van der Waals surface area (Å²) in [5.41, 5.74) is 1.47. The molecule has 0 bridgehead atoms. The Morgan fingerprint density at radius 2 is 2.05 bits per heavy atom. The van der Waals surface area contributed by atoms with Crippen LogP contribution in [-0.4, -0.2) is 5.54 Å². The highest BCUT2D eigenvalue weighted by Crippen LogP contribution is 2.34. The molecule has 0 fully saturated rings. The van der Waals surface area contributed by atoms with E-state index in [0.29, 0.717) is 0 Å². The summed E-state index contributed by atoms with van der Waals surface area (Å²) < 4.78 is 2.47. The van der Waals surface area contributed by atoms with Crippen LogP contribution in [-0.2, 0) is 6.54 Å². The van der Waals surface area contributed by atoms with Crippen LogP contribution in [0.15, 0.2) is 49.3 Å². The second kappa shape index (κ2) is 6.44. The van der Waals surface area contributed by atoms with Gasteiger partial charge in [-0.1, -0.05) is 33.8 Å². The zero-order valence-corrected chi connectivity index (χ0v) is 14.6. The Morgan fingerprint density at radius 3 is 2.68 bits per heavy atom. The maximum absolute atomic E-state index is 3.56. The summed E-state index contributed by atoms with van der Waals surface area (Å²) in [6.07, 6.45) is 0. The molecule has 0 aliphatic heterocycles. The summed E-state index contributed by atoms with van der Waals surface area (Å²) in [7, 11) is 0. The predicted molar refractivity (Wildman–Crippen MR) is 89.2 cm³/mol. The van der Waals surface area contributed by atoms with Crippen LogP contribution in [0.25, 0.3) is 0 Å². The molecule has 1 nitrogen and oxygen atoms in total. The molecule has 0 atom stereocenters. The molecule has 0 amide bonds. The second-order valence-corrected chi connectivity index (χ2v) is 8.60. The van der Waals surface area contributed by atoms with Gasteiger partial charge in [-0.3, -0.25) is 0 Å². The van der Waals surface area contributed by atoms with Gasteiger partial charge in [-0.2, -0.15) is 0 Å². The van der Waals surface area contributed by atoms with E-state index in [1.54, 1.807) is 11.3 Å². The summed E-state index contributed by atoms with van der Waals surface area (Å²) in [6, 6.07) is 10.8. The molecule has 1 aromatic heterocycles. The van der Waals surface area contributed by atoms with Crippen LogP contribution in [0.1, 0.15) is 26.3 Å². The summed E-state index contributed by atoms with van der Waals surface area (Å²) in [6.45, 7) is 7.46. The molecule has 19 heavy (non-hydrogen) atoms. The van der Waals surface area contributed by atoms with Gasteiger partial charge < -0.3 is 5.32 Å². The van der Waals surface area contributed by atoms with E-state index in [0.717, 1.165) is 11.0 Å². The molecule has 4 heteroatoms. The first-order valence-electron chi connectivity index (χ1n) is 6.19. The van der Waals surface area contributed by atoms with Crippen molar-refractivity contribution in [1.82, 2.24) is 5.32 Å². The molecule has 1 heterocycles. The number of hydrogen-bond acceptors (Lipinski definition) is 3. The van der Waals surface area contributed by atoms with E-state index in [9.17, 15) is 0 Å². The van der Waals surface area contributed by atoms with E-state index >= 15 is 0 Å². The van der Waals surface area contributed by atoms with Gasteiger partial charge in [-0.25, -0.2) is 0 Å². The third-order valence-electron chi connectivity index (χ3n) is 2.54. The molecule has 102 valence electrons. The van der Waals surface area contributed by atoms with Crippen molar-refractivity contribution in [3.63, 3.8) is 0 Å². The number of thiophene rings is 1. The second-order valence-electron chi connectivity index (χ2n) is 5.39. The number of nitrogens with one attached hydrogen (secondary N) is 1. The number of benzene rings is 1. The van der Waals surface area contributed by atoms with E-state index in [1.165, 1.54) is 14.7 Å². The molecule has 0 saturated carbocycles. The Morgan fingerprint density at radius 1 is 1.26 bits per heavy atom. The fourth-order valence-electron chi connectivity index (χ4n) is 1.58. The summed E-state index contributed by atoms with van der Waals surface area (Å²) in [5, 5.41) is 5.67. The third-order valence-corrected chi connectivity index (χ3v) is 5.19. The fourth-order valence-corrected chi connectivity index (χ4v) is 3.82. The number of hydrogen-bond donors (Lipinski definition) is 1. The van der Waals surface area contributed by atoms with Crippen molar-refractivity contribution in [2.75, 3.05) is 0 Å². The van der Waals surface area contributed by atoms with Gasteiger partial charge in [0, 0.05) is 21.5 Å². The van der Waals surface area contributed by atoms with Crippen molar-refractivity contribution in [2.45, 2.75) is 42.0 Å². The average molecular weight is 356 g/mol. The van der Waals surface area contributed by atoms with Crippen molar-refractivity contribution in [3.05, 3.63) is 45.7 Å². The molecule has 0 aliphatic rings. The minimum absolute atomic E-state index is 0.132. The largest absolute Gasteiger partial charge is 0.308 e. The first-order valence-corrected chi connectivity index (χ1v) is 8.68. The fraction of sp³-hybridized carbons (Fsp3) is 0.333. The van der Waals surface area contributed by atoms with Crippen molar-refractivity contribution < 1.29 is 0 Å². The molecule has 0 radical (unpaired) electrons. The van der Waals surface area contributed by atoms with Crippen molar-refractivity contribution in [3.8, 4) is 0 Å². The lowest BCUT2D eigenvalue weighted by atomic mass is 10.1. The molecule has 1 N–H and O–H groups in total. The molecule has 0 unspecified atom stereocenters. The first-order chi connectivity index (χ1) is 8.94. The van der Waals surface area contributed by atoms with Crippen LogP contribution >= 0.6 is 39.0 Å². The standard InChI is InChI=1S/C15H18BrNS2/c1-15(2,3)17-10-11-9-12(16)6-7-13(11)19-14-5-4-8-18-14/h4-9,17H,10H2,1-3H3. The van der Waals surface area contributed by atoms with Crippen LogP contribution in [0, 0.1) is 0 Å². The first kappa shape index (κ1) is 15.1. The highest BCUT2D eigenvalue weighted by molar-refractivity contribution is 9.10. The van der Waals surface area contributed by atoms with Crippen molar-refractivity contribution >= 4 is 39.0 Å². The topological polar surface area (TPSA) is 12.0 Å². The molecular weight excluding hydrogens is 338 g/mol. The van der Waals surface area contributed by atoms with Crippen LogP contribution in [0.3, 0.4) is 0 Å². The van der Waals surface area contributed by atoms with Gasteiger partial charge in [0.15, 0.2) is 0 Å². The average Bonchev–Trinajstić information content (AvgIpc) is 2.81.